The van der Waals surface area contributed by atoms with E-state index in [9.17, 15) is 4.79 Å². The Kier molecular flexibility index (Phi) is 3.41. The molecule has 0 radical (unpaired) electrons. The van der Waals surface area contributed by atoms with Gasteiger partial charge in [0.1, 0.15) is 5.82 Å². The SMILES string of the molecule is Nc1ncc(Cl)cc1C(=O)CCNC1CC1. The highest BCUT2D eigenvalue weighted by Crippen LogP contribution is 2.19. The fourth-order valence-electron chi connectivity index (χ4n) is 1.49. The second kappa shape index (κ2) is 4.80. The van der Waals surface area contributed by atoms with Crippen molar-refractivity contribution in [2.45, 2.75) is 25.3 Å². The van der Waals surface area contributed by atoms with Crippen molar-refractivity contribution in [3.63, 3.8) is 0 Å². The number of hydrogen-bond acceptors (Lipinski definition) is 4. The number of halogens is 1. The first-order chi connectivity index (χ1) is 7.66. The Morgan fingerprint density at radius 2 is 2.38 bits per heavy atom. The topological polar surface area (TPSA) is 68.0 Å². The molecule has 0 spiro atoms. The molecule has 1 heterocycles. The van der Waals surface area contributed by atoms with Gasteiger partial charge in [-0.2, -0.15) is 0 Å². The van der Waals surface area contributed by atoms with Crippen LogP contribution in [-0.2, 0) is 0 Å². The van der Waals surface area contributed by atoms with Crippen LogP contribution >= 0.6 is 11.6 Å². The third kappa shape index (κ3) is 2.93. The van der Waals surface area contributed by atoms with Crippen LogP contribution in [0.4, 0.5) is 5.82 Å². The van der Waals surface area contributed by atoms with Crippen molar-refractivity contribution in [1.29, 1.82) is 0 Å². The van der Waals surface area contributed by atoms with Crippen LogP contribution in [0, 0.1) is 0 Å². The summed E-state index contributed by atoms with van der Waals surface area (Å²) in [5, 5.41) is 3.71. The fourth-order valence-corrected chi connectivity index (χ4v) is 1.64. The number of carbonyl (C=O) groups is 1. The van der Waals surface area contributed by atoms with E-state index in [0.29, 0.717) is 29.6 Å². The highest BCUT2D eigenvalue weighted by atomic mass is 35.5. The number of aromatic nitrogens is 1. The van der Waals surface area contributed by atoms with Gasteiger partial charge in [0.15, 0.2) is 5.78 Å². The molecule has 0 bridgehead atoms. The lowest BCUT2D eigenvalue weighted by Gasteiger charge is -2.05. The highest BCUT2D eigenvalue weighted by Gasteiger charge is 2.20. The molecule has 2 rings (SSSR count). The molecule has 86 valence electrons. The van der Waals surface area contributed by atoms with Crippen molar-refractivity contribution in [3.05, 3.63) is 22.8 Å². The standard InChI is InChI=1S/C11H14ClN3O/c12-7-5-9(11(13)15-6-7)10(16)3-4-14-8-1-2-8/h5-6,8,14H,1-4H2,(H2,13,15). The summed E-state index contributed by atoms with van der Waals surface area (Å²) in [6, 6.07) is 2.19. The maximum atomic E-state index is 11.8. The van der Waals surface area contributed by atoms with E-state index in [2.05, 4.69) is 10.3 Å². The summed E-state index contributed by atoms with van der Waals surface area (Å²) in [4.78, 5) is 15.7. The van der Waals surface area contributed by atoms with Crippen LogP contribution < -0.4 is 11.1 Å². The third-order valence-electron chi connectivity index (χ3n) is 2.55. The second-order valence-corrected chi connectivity index (χ2v) is 4.42. The van der Waals surface area contributed by atoms with E-state index in [1.165, 1.54) is 19.0 Å². The zero-order valence-corrected chi connectivity index (χ0v) is 9.63. The summed E-state index contributed by atoms with van der Waals surface area (Å²) >= 11 is 5.77. The van der Waals surface area contributed by atoms with E-state index in [1.54, 1.807) is 6.07 Å². The van der Waals surface area contributed by atoms with Gasteiger partial charge < -0.3 is 11.1 Å². The van der Waals surface area contributed by atoms with Gasteiger partial charge >= 0.3 is 0 Å². The molecule has 0 saturated heterocycles. The molecule has 5 heteroatoms. The lowest BCUT2D eigenvalue weighted by atomic mass is 10.1. The average molecular weight is 240 g/mol. The van der Waals surface area contributed by atoms with E-state index >= 15 is 0 Å². The number of ketones is 1. The van der Waals surface area contributed by atoms with Gasteiger partial charge in [0.25, 0.3) is 0 Å². The molecule has 16 heavy (non-hydrogen) atoms. The van der Waals surface area contributed by atoms with Crippen molar-refractivity contribution in [3.8, 4) is 0 Å². The van der Waals surface area contributed by atoms with E-state index in [1.807, 2.05) is 0 Å². The number of nitrogens with two attached hydrogens (primary N) is 1. The van der Waals surface area contributed by atoms with Gasteiger partial charge in [-0.1, -0.05) is 11.6 Å². The number of hydrogen-bond donors (Lipinski definition) is 2. The molecule has 0 atom stereocenters. The summed E-state index contributed by atoms with van der Waals surface area (Å²) in [7, 11) is 0. The first-order valence-electron chi connectivity index (χ1n) is 5.34. The Bertz CT molecular complexity index is 404. The minimum absolute atomic E-state index is 0.0133. The van der Waals surface area contributed by atoms with Crippen LogP contribution in [0.1, 0.15) is 29.6 Å². The van der Waals surface area contributed by atoms with Gasteiger partial charge in [-0.15, -0.1) is 0 Å². The molecule has 0 aromatic carbocycles. The predicted octanol–water partition coefficient (Wildman–Crippen LogP) is 1.64. The highest BCUT2D eigenvalue weighted by molar-refractivity contribution is 6.31. The van der Waals surface area contributed by atoms with Crippen LogP contribution in [0.3, 0.4) is 0 Å². The first kappa shape index (κ1) is 11.4. The molecule has 1 fully saturated rings. The smallest absolute Gasteiger partial charge is 0.167 e. The Labute approximate surface area is 99.2 Å². The fraction of sp³-hybridized carbons (Fsp3) is 0.455. The molecule has 1 aromatic heterocycles. The van der Waals surface area contributed by atoms with Gasteiger partial charge in [-0.25, -0.2) is 4.98 Å². The Balaban J connectivity index is 1.93. The van der Waals surface area contributed by atoms with Gasteiger partial charge in [0.05, 0.1) is 10.6 Å². The number of nitrogen functional groups attached to an aromatic ring is 1. The molecule has 0 amide bonds. The molecule has 0 unspecified atom stereocenters. The Hall–Kier alpha value is -1.13. The quantitative estimate of drug-likeness (QED) is 0.767. The lowest BCUT2D eigenvalue weighted by Crippen LogP contribution is -2.20. The van der Waals surface area contributed by atoms with Crippen molar-refractivity contribution < 1.29 is 4.79 Å². The number of anilines is 1. The second-order valence-electron chi connectivity index (χ2n) is 3.99. The van der Waals surface area contributed by atoms with Gasteiger partial charge in [0, 0.05) is 25.2 Å². The van der Waals surface area contributed by atoms with Gasteiger partial charge in [-0.05, 0) is 18.9 Å². The molecule has 1 saturated carbocycles. The van der Waals surface area contributed by atoms with Crippen molar-refractivity contribution in [2.24, 2.45) is 0 Å². The Morgan fingerprint density at radius 1 is 1.62 bits per heavy atom. The molecule has 1 aliphatic carbocycles. The van der Waals surface area contributed by atoms with Crippen LogP contribution in [0.5, 0.6) is 0 Å². The molecular weight excluding hydrogens is 226 g/mol. The third-order valence-corrected chi connectivity index (χ3v) is 2.75. The minimum Gasteiger partial charge on any atom is -0.383 e. The summed E-state index contributed by atoms with van der Waals surface area (Å²) in [6.07, 6.45) is 4.31. The monoisotopic (exact) mass is 239 g/mol. The number of pyridine rings is 1. The summed E-state index contributed by atoms with van der Waals surface area (Å²) in [6.45, 7) is 0.690. The number of carbonyl (C=O) groups excluding carboxylic acids is 1. The molecular formula is C11H14ClN3O. The van der Waals surface area contributed by atoms with E-state index < -0.39 is 0 Å². The average Bonchev–Trinajstić information content (AvgIpc) is 3.05. The number of nitrogens with one attached hydrogen (secondary N) is 1. The zero-order valence-electron chi connectivity index (χ0n) is 8.87. The van der Waals surface area contributed by atoms with Gasteiger partial charge in [0.2, 0.25) is 0 Å². The number of nitrogens with zero attached hydrogens (tertiary/aromatic N) is 1. The predicted molar refractivity (Wildman–Crippen MR) is 63.6 cm³/mol. The largest absolute Gasteiger partial charge is 0.383 e. The maximum absolute atomic E-state index is 11.8. The van der Waals surface area contributed by atoms with Crippen molar-refractivity contribution >= 4 is 23.2 Å². The van der Waals surface area contributed by atoms with Crippen LogP contribution in [-0.4, -0.2) is 23.4 Å². The van der Waals surface area contributed by atoms with E-state index in [0.717, 1.165) is 0 Å². The van der Waals surface area contributed by atoms with Crippen LogP contribution in [0.2, 0.25) is 5.02 Å². The van der Waals surface area contributed by atoms with Crippen molar-refractivity contribution in [1.82, 2.24) is 10.3 Å². The summed E-state index contributed by atoms with van der Waals surface area (Å²) < 4.78 is 0. The Morgan fingerprint density at radius 3 is 3.06 bits per heavy atom. The molecule has 1 aliphatic rings. The van der Waals surface area contributed by atoms with Gasteiger partial charge in [-0.3, -0.25) is 4.79 Å². The van der Waals surface area contributed by atoms with Crippen molar-refractivity contribution in [2.75, 3.05) is 12.3 Å². The number of rotatable bonds is 5. The molecule has 4 nitrogen and oxygen atoms in total. The van der Waals surface area contributed by atoms with Crippen LogP contribution in [0.25, 0.3) is 0 Å². The summed E-state index contributed by atoms with van der Waals surface area (Å²) in [5.41, 5.74) is 6.04. The van der Waals surface area contributed by atoms with E-state index in [-0.39, 0.29) is 11.6 Å². The molecule has 1 aromatic rings. The lowest BCUT2D eigenvalue weighted by molar-refractivity contribution is 0.0983. The normalized spacial score (nSPS) is 15.1. The molecule has 3 N–H and O–H groups in total. The first-order valence-corrected chi connectivity index (χ1v) is 5.72. The van der Waals surface area contributed by atoms with E-state index in [4.69, 9.17) is 17.3 Å². The number of Topliss-reactive ketones (excluding diaryl/α,β-unsaturated/α-hetero) is 1. The zero-order chi connectivity index (χ0) is 11.5. The maximum Gasteiger partial charge on any atom is 0.167 e. The van der Waals surface area contributed by atoms with Crippen LogP contribution in [0.15, 0.2) is 12.3 Å². The molecule has 0 aliphatic heterocycles. The summed E-state index contributed by atoms with van der Waals surface area (Å²) in [5.74, 6) is 0.237. The minimum atomic E-state index is -0.0133.